The van der Waals surface area contributed by atoms with Crippen molar-refractivity contribution in [2.45, 2.75) is 58.2 Å². The minimum absolute atomic E-state index is 0.0852. The van der Waals surface area contributed by atoms with E-state index in [1.54, 1.807) is 57.2 Å². The van der Waals surface area contributed by atoms with Crippen LogP contribution in [0.4, 0.5) is 4.79 Å². The van der Waals surface area contributed by atoms with E-state index >= 15 is 0 Å². The maximum atomic E-state index is 12.8. The van der Waals surface area contributed by atoms with Crippen LogP contribution in [0.5, 0.6) is 0 Å². The minimum Gasteiger partial charge on any atom is -0.478 e. The van der Waals surface area contributed by atoms with Crippen LogP contribution in [0.15, 0.2) is 54.7 Å². The van der Waals surface area contributed by atoms with Crippen LogP contribution in [0.2, 0.25) is 0 Å². The number of hydrogen-bond donors (Lipinski definition) is 3. The van der Waals surface area contributed by atoms with E-state index in [0.29, 0.717) is 18.7 Å². The number of carboxylic acids is 1. The van der Waals surface area contributed by atoms with Crippen molar-refractivity contribution in [2.24, 2.45) is 0 Å². The third-order valence-corrected chi connectivity index (χ3v) is 6.11. The SMILES string of the molecule is CC(C)(C)OC(=O)NCc1ccc(C(=O)NCC2CCCn3cc(-c4ccc(C(=O)O)cc4)nc32)cc1. The first kappa shape index (κ1) is 25.9. The molecule has 1 unspecified atom stereocenters. The number of amides is 2. The lowest BCUT2D eigenvalue weighted by atomic mass is 9.99. The molecule has 1 aliphatic rings. The van der Waals surface area contributed by atoms with Gasteiger partial charge in [-0.25, -0.2) is 14.6 Å². The summed E-state index contributed by atoms with van der Waals surface area (Å²) in [4.78, 5) is 40.5. The first-order valence-electron chi connectivity index (χ1n) is 12.3. The number of carbonyl (C=O) groups is 3. The van der Waals surface area contributed by atoms with Gasteiger partial charge in [-0.2, -0.15) is 0 Å². The van der Waals surface area contributed by atoms with Crippen LogP contribution in [-0.4, -0.2) is 44.8 Å². The zero-order valence-electron chi connectivity index (χ0n) is 21.3. The quantitative estimate of drug-likeness (QED) is 0.433. The fourth-order valence-corrected chi connectivity index (χ4v) is 4.27. The van der Waals surface area contributed by atoms with Crippen LogP contribution < -0.4 is 10.6 Å². The second-order valence-electron chi connectivity index (χ2n) is 10.2. The van der Waals surface area contributed by atoms with Gasteiger partial charge in [-0.05, 0) is 63.4 Å². The van der Waals surface area contributed by atoms with E-state index in [0.717, 1.165) is 42.0 Å². The molecule has 3 N–H and O–H groups in total. The molecule has 1 atom stereocenters. The fraction of sp³-hybridized carbons (Fsp3) is 0.357. The van der Waals surface area contributed by atoms with E-state index in [2.05, 4.69) is 15.2 Å². The number of carboxylic acid groups (broad SMARTS) is 1. The maximum absolute atomic E-state index is 12.8. The molecule has 1 aliphatic heterocycles. The first-order valence-corrected chi connectivity index (χ1v) is 12.3. The first-order chi connectivity index (χ1) is 17.6. The number of imidazole rings is 1. The van der Waals surface area contributed by atoms with Gasteiger partial charge in [-0.1, -0.05) is 24.3 Å². The molecular weight excluding hydrogens is 472 g/mol. The highest BCUT2D eigenvalue weighted by molar-refractivity contribution is 5.94. The Labute approximate surface area is 215 Å². The van der Waals surface area contributed by atoms with Crippen LogP contribution in [0.25, 0.3) is 11.3 Å². The number of rotatable bonds is 7. The Hall–Kier alpha value is -4.14. The highest BCUT2D eigenvalue weighted by Crippen LogP contribution is 2.29. The van der Waals surface area contributed by atoms with Gasteiger partial charge in [0.05, 0.1) is 11.3 Å². The molecule has 3 aromatic rings. The highest BCUT2D eigenvalue weighted by atomic mass is 16.6. The summed E-state index contributed by atoms with van der Waals surface area (Å²) in [6, 6.07) is 13.8. The lowest BCUT2D eigenvalue weighted by Crippen LogP contribution is -2.32. The second kappa shape index (κ2) is 10.9. The largest absolute Gasteiger partial charge is 0.478 e. The Kier molecular flexibility index (Phi) is 7.61. The van der Waals surface area contributed by atoms with Gasteiger partial charge in [0.25, 0.3) is 5.91 Å². The van der Waals surface area contributed by atoms with Gasteiger partial charge >= 0.3 is 12.1 Å². The van der Waals surface area contributed by atoms with Crippen molar-refractivity contribution in [1.82, 2.24) is 20.2 Å². The number of nitrogens with zero attached hydrogens (tertiary/aromatic N) is 2. The van der Waals surface area contributed by atoms with Gasteiger partial charge in [0.1, 0.15) is 11.4 Å². The molecule has 9 nitrogen and oxygen atoms in total. The summed E-state index contributed by atoms with van der Waals surface area (Å²) in [6.07, 6.45) is 3.41. The Morgan fingerprint density at radius 3 is 2.35 bits per heavy atom. The Morgan fingerprint density at radius 1 is 1.03 bits per heavy atom. The molecule has 37 heavy (non-hydrogen) atoms. The number of alkyl carbamates (subject to hydrolysis) is 1. The third kappa shape index (κ3) is 6.75. The summed E-state index contributed by atoms with van der Waals surface area (Å²) in [7, 11) is 0. The van der Waals surface area contributed by atoms with Crippen LogP contribution in [0.1, 0.15) is 71.6 Å². The number of aromatic nitrogens is 2. The standard InChI is InChI=1S/C28H32N4O5/c1-28(2,3)37-27(36)30-15-18-6-8-20(9-7-18)25(33)29-16-22-5-4-14-32-17-23(31-24(22)32)19-10-12-21(13-11-19)26(34)35/h6-13,17,22H,4-5,14-16H2,1-3H3,(H,29,33)(H,30,36)(H,34,35). The van der Waals surface area contributed by atoms with Gasteiger partial charge < -0.3 is 25.0 Å². The number of ether oxygens (including phenoxy) is 1. The van der Waals surface area contributed by atoms with E-state index in [4.69, 9.17) is 14.8 Å². The highest BCUT2D eigenvalue weighted by Gasteiger charge is 2.24. The van der Waals surface area contributed by atoms with E-state index in [9.17, 15) is 14.4 Å². The summed E-state index contributed by atoms with van der Waals surface area (Å²) in [6.45, 7) is 7.06. The third-order valence-electron chi connectivity index (χ3n) is 6.11. The lowest BCUT2D eigenvalue weighted by molar-refractivity contribution is 0.0522. The average molecular weight is 505 g/mol. The molecule has 0 saturated carbocycles. The molecule has 2 heterocycles. The van der Waals surface area contributed by atoms with E-state index in [-0.39, 0.29) is 17.4 Å². The van der Waals surface area contributed by atoms with Gasteiger partial charge in [-0.3, -0.25) is 4.79 Å². The minimum atomic E-state index is -0.960. The topological polar surface area (TPSA) is 123 Å². The van der Waals surface area contributed by atoms with Gasteiger partial charge in [0.15, 0.2) is 0 Å². The molecule has 194 valence electrons. The number of aryl methyl sites for hydroxylation is 1. The normalized spacial score (nSPS) is 14.9. The molecule has 9 heteroatoms. The maximum Gasteiger partial charge on any atom is 0.407 e. The zero-order valence-corrected chi connectivity index (χ0v) is 21.3. The number of benzene rings is 2. The van der Waals surface area contributed by atoms with Crippen LogP contribution in [0.3, 0.4) is 0 Å². The number of hydrogen-bond acceptors (Lipinski definition) is 5. The molecule has 0 aliphatic carbocycles. The van der Waals surface area contributed by atoms with Gasteiger partial charge in [0.2, 0.25) is 0 Å². The molecule has 0 fully saturated rings. The van der Waals surface area contributed by atoms with E-state index < -0.39 is 17.7 Å². The molecular formula is C28H32N4O5. The number of carbonyl (C=O) groups excluding carboxylic acids is 2. The summed E-state index contributed by atoms with van der Waals surface area (Å²) >= 11 is 0. The smallest absolute Gasteiger partial charge is 0.407 e. The molecule has 4 rings (SSSR count). The van der Waals surface area contributed by atoms with Crippen molar-refractivity contribution < 1.29 is 24.2 Å². The molecule has 0 bridgehead atoms. The van der Waals surface area contributed by atoms with Crippen molar-refractivity contribution in [3.05, 3.63) is 77.2 Å². The van der Waals surface area contributed by atoms with Crippen molar-refractivity contribution >= 4 is 18.0 Å². The Balaban J connectivity index is 1.34. The fourth-order valence-electron chi connectivity index (χ4n) is 4.27. The van der Waals surface area contributed by atoms with Crippen LogP contribution in [-0.2, 0) is 17.8 Å². The van der Waals surface area contributed by atoms with Crippen molar-refractivity contribution in [2.75, 3.05) is 6.54 Å². The molecule has 0 radical (unpaired) electrons. The van der Waals surface area contributed by atoms with Crippen molar-refractivity contribution in [3.8, 4) is 11.3 Å². The predicted octanol–water partition coefficient (Wildman–Crippen LogP) is 4.58. The number of nitrogens with one attached hydrogen (secondary N) is 2. The number of fused-ring (bicyclic) bond motifs is 1. The summed E-state index contributed by atoms with van der Waals surface area (Å²) < 4.78 is 7.35. The molecule has 0 spiro atoms. The Morgan fingerprint density at radius 2 is 1.70 bits per heavy atom. The van der Waals surface area contributed by atoms with E-state index in [1.807, 2.05) is 18.3 Å². The molecule has 0 saturated heterocycles. The summed E-state index contributed by atoms with van der Waals surface area (Å²) in [5.74, 6) is -0.118. The van der Waals surface area contributed by atoms with E-state index in [1.165, 1.54) is 0 Å². The van der Waals surface area contributed by atoms with Crippen molar-refractivity contribution in [1.29, 1.82) is 0 Å². The van der Waals surface area contributed by atoms with Gasteiger partial charge in [-0.15, -0.1) is 0 Å². The molecule has 2 amide bonds. The lowest BCUT2D eigenvalue weighted by Gasteiger charge is -2.23. The number of aromatic carboxylic acids is 1. The summed E-state index contributed by atoms with van der Waals surface area (Å²) in [5, 5.41) is 14.8. The zero-order chi connectivity index (χ0) is 26.6. The molecule has 1 aromatic heterocycles. The van der Waals surface area contributed by atoms with Crippen LogP contribution >= 0.6 is 0 Å². The Bertz CT molecular complexity index is 1270. The average Bonchev–Trinajstić information content (AvgIpc) is 3.30. The molecule has 2 aromatic carbocycles. The van der Waals surface area contributed by atoms with Crippen molar-refractivity contribution in [3.63, 3.8) is 0 Å². The second-order valence-corrected chi connectivity index (χ2v) is 10.2. The monoisotopic (exact) mass is 504 g/mol. The summed E-state index contributed by atoms with van der Waals surface area (Å²) in [5.41, 5.74) is 2.73. The predicted molar refractivity (Wildman–Crippen MR) is 138 cm³/mol. The van der Waals surface area contributed by atoms with Crippen LogP contribution in [0, 0.1) is 0 Å². The van der Waals surface area contributed by atoms with Gasteiger partial charge in [0, 0.05) is 42.9 Å².